The van der Waals surface area contributed by atoms with E-state index in [4.69, 9.17) is 11.6 Å². The van der Waals surface area contributed by atoms with Crippen LogP contribution in [0.25, 0.3) is 0 Å². The number of aliphatic hydroxyl groups is 1. The fourth-order valence-corrected chi connectivity index (χ4v) is 2.07. The van der Waals surface area contributed by atoms with Crippen LogP contribution in [0.3, 0.4) is 0 Å². The molecule has 19 heavy (non-hydrogen) atoms. The minimum Gasteiger partial charge on any atom is -0.394 e. The zero-order chi connectivity index (χ0) is 14.6. The normalized spacial score (nSPS) is 13.1. The Morgan fingerprint density at radius 1 is 1.42 bits per heavy atom. The number of rotatable bonds is 6. The fourth-order valence-electron chi connectivity index (χ4n) is 1.88. The number of halogens is 1. The second-order valence-electron chi connectivity index (χ2n) is 5.37. The Morgan fingerprint density at radius 2 is 2.05 bits per heavy atom. The van der Waals surface area contributed by atoms with Gasteiger partial charge in [0, 0.05) is 6.04 Å². The van der Waals surface area contributed by atoms with E-state index in [1.165, 1.54) is 10.9 Å². The van der Waals surface area contributed by atoms with E-state index in [0.29, 0.717) is 11.6 Å². The number of nitrogens with one attached hydrogen (secondary N) is 1. The van der Waals surface area contributed by atoms with Crippen molar-refractivity contribution in [2.24, 2.45) is 5.92 Å². The molecule has 1 unspecified atom stereocenters. The van der Waals surface area contributed by atoms with Crippen LogP contribution in [-0.4, -0.2) is 27.5 Å². The van der Waals surface area contributed by atoms with Crippen LogP contribution in [0.15, 0.2) is 11.0 Å². The summed E-state index contributed by atoms with van der Waals surface area (Å²) in [7, 11) is 0. The third-order valence-electron chi connectivity index (χ3n) is 2.77. The second-order valence-corrected chi connectivity index (χ2v) is 5.75. The summed E-state index contributed by atoms with van der Waals surface area (Å²) in [6.45, 7) is 7.86. The van der Waals surface area contributed by atoms with Crippen LogP contribution in [0.4, 0.5) is 5.69 Å². The quantitative estimate of drug-likeness (QED) is 0.842. The summed E-state index contributed by atoms with van der Waals surface area (Å²) >= 11 is 6.06. The molecule has 1 rings (SSSR count). The predicted octanol–water partition coefficient (Wildman–Crippen LogP) is 2.30. The first-order valence-electron chi connectivity index (χ1n) is 6.51. The van der Waals surface area contributed by atoms with Crippen LogP contribution in [0.1, 0.15) is 40.2 Å². The van der Waals surface area contributed by atoms with Crippen molar-refractivity contribution in [3.05, 3.63) is 21.6 Å². The number of hydrogen-bond donors (Lipinski definition) is 2. The van der Waals surface area contributed by atoms with Crippen molar-refractivity contribution in [3.8, 4) is 0 Å². The second kappa shape index (κ2) is 6.91. The van der Waals surface area contributed by atoms with Gasteiger partial charge >= 0.3 is 0 Å². The molecule has 2 N–H and O–H groups in total. The number of aromatic nitrogens is 2. The molecule has 0 radical (unpaired) electrons. The van der Waals surface area contributed by atoms with Crippen molar-refractivity contribution in [2.75, 3.05) is 11.9 Å². The summed E-state index contributed by atoms with van der Waals surface area (Å²) in [4.78, 5) is 12.0. The molecule has 0 aliphatic carbocycles. The van der Waals surface area contributed by atoms with Crippen LogP contribution in [0, 0.1) is 5.92 Å². The van der Waals surface area contributed by atoms with Gasteiger partial charge in [-0.2, -0.15) is 5.10 Å². The highest BCUT2D eigenvalue weighted by atomic mass is 35.5. The molecule has 5 nitrogen and oxygen atoms in total. The van der Waals surface area contributed by atoms with Crippen molar-refractivity contribution < 1.29 is 5.11 Å². The molecule has 1 aromatic heterocycles. The summed E-state index contributed by atoms with van der Waals surface area (Å²) < 4.78 is 1.34. The van der Waals surface area contributed by atoms with Gasteiger partial charge in [0.25, 0.3) is 5.56 Å². The minimum absolute atomic E-state index is 0.0121. The molecule has 0 saturated heterocycles. The highest BCUT2D eigenvalue weighted by Gasteiger charge is 2.15. The van der Waals surface area contributed by atoms with Crippen LogP contribution in [0.5, 0.6) is 0 Å². The molecular weight excluding hydrogens is 266 g/mol. The Balaban J connectivity index is 2.96. The van der Waals surface area contributed by atoms with Crippen molar-refractivity contribution in [1.82, 2.24) is 9.78 Å². The Hall–Kier alpha value is -1.07. The maximum atomic E-state index is 12.0. The molecular formula is C13H22ClN3O2. The lowest BCUT2D eigenvalue weighted by Gasteiger charge is -2.20. The van der Waals surface area contributed by atoms with Crippen LogP contribution >= 0.6 is 11.6 Å². The lowest BCUT2D eigenvalue weighted by Crippen LogP contribution is -2.30. The van der Waals surface area contributed by atoms with Gasteiger partial charge in [0.05, 0.1) is 24.5 Å². The molecule has 0 aromatic carbocycles. The minimum atomic E-state index is -0.317. The van der Waals surface area contributed by atoms with Crippen molar-refractivity contribution in [3.63, 3.8) is 0 Å². The van der Waals surface area contributed by atoms with E-state index in [-0.39, 0.29) is 29.3 Å². The summed E-state index contributed by atoms with van der Waals surface area (Å²) in [6, 6.07) is -0.169. The van der Waals surface area contributed by atoms with Gasteiger partial charge in [-0.25, -0.2) is 4.68 Å². The highest BCUT2D eigenvalue weighted by molar-refractivity contribution is 6.32. The van der Waals surface area contributed by atoms with Gasteiger partial charge in [0.1, 0.15) is 5.02 Å². The fraction of sp³-hybridized carbons (Fsp3) is 0.692. The molecule has 1 atom stereocenters. The number of hydrogen-bond acceptors (Lipinski definition) is 4. The first kappa shape index (κ1) is 16.0. The largest absolute Gasteiger partial charge is 0.394 e. The van der Waals surface area contributed by atoms with E-state index in [1.807, 2.05) is 13.8 Å². The molecule has 0 saturated carbocycles. The summed E-state index contributed by atoms with van der Waals surface area (Å²) in [5, 5.41) is 16.6. The smallest absolute Gasteiger partial charge is 0.287 e. The predicted molar refractivity (Wildman–Crippen MR) is 77.8 cm³/mol. The van der Waals surface area contributed by atoms with E-state index in [2.05, 4.69) is 24.3 Å². The van der Waals surface area contributed by atoms with Gasteiger partial charge in [-0.15, -0.1) is 0 Å². The van der Waals surface area contributed by atoms with Crippen LogP contribution < -0.4 is 10.9 Å². The molecule has 1 aromatic rings. The van der Waals surface area contributed by atoms with Gasteiger partial charge < -0.3 is 10.4 Å². The average Bonchev–Trinajstić information content (AvgIpc) is 2.33. The third kappa shape index (κ3) is 4.21. The Labute approximate surface area is 118 Å². The summed E-state index contributed by atoms with van der Waals surface area (Å²) in [6.07, 6.45) is 2.33. The van der Waals surface area contributed by atoms with Crippen LogP contribution in [0.2, 0.25) is 5.02 Å². The molecule has 0 aliphatic rings. The van der Waals surface area contributed by atoms with Gasteiger partial charge in [0.15, 0.2) is 0 Å². The van der Waals surface area contributed by atoms with E-state index >= 15 is 0 Å². The zero-order valence-electron chi connectivity index (χ0n) is 11.9. The summed E-state index contributed by atoms with van der Waals surface area (Å²) in [5.41, 5.74) is 0.158. The van der Waals surface area contributed by atoms with Gasteiger partial charge in [-0.1, -0.05) is 25.4 Å². The van der Waals surface area contributed by atoms with Crippen molar-refractivity contribution in [2.45, 2.75) is 46.2 Å². The van der Waals surface area contributed by atoms with Crippen molar-refractivity contribution >= 4 is 17.3 Å². The lowest BCUT2D eigenvalue weighted by molar-refractivity contribution is 0.259. The first-order valence-corrected chi connectivity index (χ1v) is 6.89. The number of anilines is 1. The van der Waals surface area contributed by atoms with E-state index < -0.39 is 0 Å². The lowest BCUT2D eigenvalue weighted by atomic mass is 10.0. The molecule has 0 fully saturated rings. The number of aliphatic hydroxyl groups excluding tert-OH is 1. The van der Waals surface area contributed by atoms with E-state index in [1.54, 1.807) is 0 Å². The van der Waals surface area contributed by atoms with E-state index in [0.717, 1.165) is 6.42 Å². The highest BCUT2D eigenvalue weighted by Crippen LogP contribution is 2.19. The molecule has 0 spiro atoms. The maximum absolute atomic E-state index is 12.0. The monoisotopic (exact) mass is 287 g/mol. The molecule has 108 valence electrons. The molecule has 1 heterocycles. The molecule has 6 heteroatoms. The van der Waals surface area contributed by atoms with Crippen LogP contribution in [-0.2, 0) is 0 Å². The summed E-state index contributed by atoms with van der Waals surface area (Å²) in [5.74, 6) is 0.437. The van der Waals surface area contributed by atoms with Gasteiger partial charge in [0.2, 0.25) is 0 Å². The first-order chi connectivity index (χ1) is 8.86. The molecule has 0 aliphatic heterocycles. The van der Waals surface area contributed by atoms with Gasteiger partial charge in [-0.3, -0.25) is 4.79 Å². The SMILES string of the molecule is CC(C)CC(CO)Nc1cnn(C(C)C)c(=O)c1Cl. The Bertz CT molecular complexity index is 471. The van der Waals surface area contributed by atoms with Gasteiger partial charge in [-0.05, 0) is 26.2 Å². The standard InChI is InChI=1S/C13H22ClN3O2/c1-8(2)5-10(7-18)16-11-6-15-17(9(3)4)13(19)12(11)14/h6,8-10,16,18H,5,7H2,1-4H3. The maximum Gasteiger partial charge on any atom is 0.287 e. The third-order valence-corrected chi connectivity index (χ3v) is 3.13. The molecule has 0 bridgehead atoms. The zero-order valence-corrected chi connectivity index (χ0v) is 12.6. The van der Waals surface area contributed by atoms with Crippen molar-refractivity contribution in [1.29, 1.82) is 0 Å². The topological polar surface area (TPSA) is 67.2 Å². The Kier molecular flexibility index (Phi) is 5.82. The average molecular weight is 288 g/mol. The Morgan fingerprint density at radius 3 is 2.53 bits per heavy atom. The van der Waals surface area contributed by atoms with E-state index in [9.17, 15) is 9.90 Å². The number of nitrogens with zero attached hydrogens (tertiary/aromatic N) is 2. The molecule has 0 amide bonds.